The van der Waals surface area contributed by atoms with Crippen molar-refractivity contribution in [3.05, 3.63) is 16.7 Å². The number of nitrogens with zero attached hydrogens (tertiary/aromatic N) is 1. The second-order valence-electron chi connectivity index (χ2n) is 5.33. The molecular weight excluding hydrogens is 204 g/mol. The Kier molecular flexibility index (Phi) is 2.23. The molecule has 0 saturated heterocycles. The number of H-pyrrole nitrogens is 1. The van der Waals surface area contributed by atoms with Gasteiger partial charge in [-0.15, -0.1) is 0 Å². The minimum Gasteiger partial charge on any atom is -0.335 e. The molecule has 3 heteroatoms. The Hall–Kier alpha value is -0.570. The largest absolute Gasteiger partial charge is 0.335 e. The Morgan fingerprint density at radius 1 is 1.47 bits per heavy atom. The van der Waals surface area contributed by atoms with E-state index in [4.69, 9.17) is 12.2 Å². The van der Waals surface area contributed by atoms with Gasteiger partial charge in [-0.25, -0.2) is 0 Å². The first kappa shape index (κ1) is 9.64. The van der Waals surface area contributed by atoms with Gasteiger partial charge in [-0.3, -0.25) is 0 Å². The molecule has 82 valence electrons. The molecule has 2 bridgehead atoms. The normalized spacial score (nSPS) is 33.8. The molecule has 0 spiro atoms. The number of imidazole rings is 1. The summed E-state index contributed by atoms with van der Waals surface area (Å²) >= 11 is 5.30. The number of aromatic nitrogens is 2. The van der Waals surface area contributed by atoms with Crippen molar-refractivity contribution in [2.75, 3.05) is 0 Å². The molecule has 2 nitrogen and oxygen atoms in total. The first-order valence-electron chi connectivity index (χ1n) is 5.98. The second-order valence-corrected chi connectivity index (χ2v) is 5.72. The molecule has 1 aromatic rings. The average Bonchev–Trinajstić information content (AvgIpc) is 2.83. The van der Waals surface area contributed by atoms with Gasteiger partial charge in [0.05, 0.1) is 0 Å². The Labute approximate surface area is 95.7 Å². The van der Waals surface area contributed by atoms with Crippen LogP contribution < -0.4 is 0 Å². The van der Waals surface area contributed by atoms with Crippen LogP contribution >= 0.6 is 12.2 Å². The summed E-state index contributed by atoms with van der Waals surface area (Å²) < 4.78 is 3.13. The quantitative estimate of drug-likeness (QED) is 0.762. The molecule has 1 aromatic heterocycles. The SMILES string of the molecule is Cc1cn(CC2CC3CCC2C3)c(=S)[nH]1. The van der Waals surface area contributed by atoms with E-state index in [2.05, 4.69) is 22.7 Å². The van der Waals surface area contributed by atoms with E-state index in [1.807, 2.05) is 0 Å². The zero-order valence-electron chi connectivity index (χ0n) is 9.20. The van der Waals surface area contributed by atoms with E-state index in [1.54, 1.807) is 0 Å². The fraction of sp³-hybridized carbons (Fsp3) is 0.750. The van der Waals surface area contributed by atoms with Crippen LogP contribution in [0.25, 0.3) is 0 Å². The van der Waals surface area contributed by atoms with Gasteiger partial charge >= 0.3 is 0 Å². The molecule has 0 amide bonds. The molecule has 15 heavy (non-hydrogen) atoms. The van der Waals surface area contributed by atoms with E-state index in [1.165, 1.54) is 31.4 Å². The maximum absolute atomic E-state index is 5.30. The molecule has 1 N–H and O–H groups in total. The Morgan fingerprint density at radius 2 is 2.33 bits per heavy atom. The molecule has 0 aromatic carbocycles. The van der Waals surface area contributed by atoms with Crippen LogP contribution in [0.15, 0.2) is 6.20 Å². The van der Waals surface area contributed by atoms with Gasteiger partial charge in [0, 0.05) is 18.4 Å². The molecule has 2 aliphatic carbocycles. The van der Waals surface area contributed by atoms with Crippen molar-refractivity contribution >= 4 is 12.2 Å². The molecule has 2 saturated carbocycles. The number of rotatable bonds is 2. The van der Waals surface area contributed by atoms with Gasteiger partial charge in [0.2, 0.25) is 0 Å². The predicted octanol–water partition coefficient (Wildman–Crippen LogP) is 3.29. The molecule has 3 rings (SSSR count). The van der Waals surface area contributed by atoms with Gasteiger partial charge in [0.25, 0.3) is 0 Å². The first-order chi connectivity index (χ1) is 7.22. The van der Waals surface area contributed by atoms with Crippen LogP contribution in [-0.4, -0.2) is 9.55 Å². The summed E-state index contributed by atoms with van der Waals surface area (Å²) in [6, 6.07) is 0. The number of nitrogens with one attached hydrogen (secondary N) is 1. The third kappa shape index (κ3) is 1.67. The molecule has 0 radical (unpaired) electrons. The molecular formula is C12H18N2S. The van der Waals surface area contributed by atoms with Gasteiger partial charge in [-0.2, -0.15) is 0 Å². The van der Waals surface area contributed by atoms with E-state index in [-0.39, 0.29) is 0 Å². The van der Waals surface area contributed by atoms with Crippen LogP contribution in [0, 0.1) is 29.4 Å². The fourth-order valence-corrected chi connectivity index (χ4v) is 3.84. The minimum absolute atomic E-state index is 0.894. The Balaban J connectivity index is 1.76. The number of hydrogen-bond donors (Lipinski definition) is 1. The highest BCUT2D eigenvalue weighted by Crippen LogP contribution is 2.48. The predicted molar refractivity (Wildman–Crippen MR) is 63.3 cm³/mol. The summed E-state index contributed by atoms with van der Waals surface area (Å²) in [6.07, 6.45) is 8.04. The highest BCUT2D eigenvalue weighted by molar-refractivity contribution is 7.71. The van der Waals surface area contributed by atoms with Crippen molar-refractivity contribution < 1.29 is 0 Å². The molecule has 0 aliphatic heterocycles. The Bertz CT molecular complexity index is 418. The van der Waals surface area contributed by atoms with Crippen LogP contribution in [0.4, 0.5) is 0 Å². The van der Waals surface area contributed by atoms with Crippen LogP contribution in [0.3, 0.4) is 0 Å². The number of aromatic amines is 1. The fourth-order valence-electron chi connectivity index (χ4n) is 3.55. The highest BCUT2D eigenvalue weighted by atomic mass is 32.1. The standard InChI is InChI=1S/C12H18N2S/c1-8-6-14(12(15)13-8)7-11-5-9-2-3-10(11)4-9/h6,9-11H,2-5,7H2,1H3,(H,13,15). The lowest BCUT2D eigenvalue weighted by atomic mass is 9.89. The van der Waals surface area contributed by atoms with E-state index in [0.29, 0.717) is 0 Å². The van der Waals surface area contributed by atoms with Crippen molar-refractivity contribution in [2.45, 2.75) is 39.2 Å². The number of aryl methyl sites for hydroxylation is 1. The van der Waals surface area contributed by atoms with Gasteiger partial charge in [0.1, 0.15) is 0 Å². The summed E-state index contributed by atoms with van der Waals surface area (Å²) in [5.41, 5.74) is 1.18. The van der Waals surface area contributed by atoms with Crippen molar-refractivity contribution in [1.82, 2.24) is 9.55 Å². The van der Waals surface area contributed by atoms with Crippen molar-refractivity contribution in [3.63, 3.8) is 0 Å². The third-order valence-electron chi connectivity index (χ3n) is 4.23. The van der Waals surface area contributed by atoms with E-state index in [0.717, 1.165) is 29.1 Å². The van der Waals surface area contributed by atoms with Gasteiger partial charge in [-0.05, 0) is 56.2 Å². The summed E-state index contributed by atoms with van der Waals surface area (Å²) in [5, 5.41) is 0. The number of hydrogen-bond acceptors (Lipinski definition) is 1. The summed E-state index contributed by atoms with van der Waals surface area (Å²) in [4.78, 5) is 3.20. The lowest BCUT2D eigenvalue weighted by Crippen LogP contribution is -2.16. The Morgan fingerprint density at radius 3 is 2.87 bits per heavy atom. The summed E-state index contributed by atoms with van der Waals surface area (Å²) in [6.45, 7) is 3.22. The molecule has 1 heterocycles. The molecule has 2 aliphatic rings. The van der Waals surface area contributed by atoms with E-state index >= 15 is 0 Å². The average molecular weight is 222 g/mol. The van der Waals surface area contributed by atoms with E-state index < -0.39 is 0 Å². The zero-order chi connectivity index (χ0) is 10.4. The maximum atomic E-state index is 5.30. The topological polar surface area (TPSA) is 20.7 Å². The third-order valence-corrected chi connectivity index (χ3v) is 4.57. The van der Waals surface area contributed by atoms with Crippen LogP contribution in [0.2, 0.25) is 0 Å². The van der Waals surface area contributed by atoms with Crippen LogP contribution in [0.1, 0.15) is 31.4 Å². The molecule has 3 unspecified atom stereocenters. The van der Waals surface area contributed by atoms with E-state index in [9.17, 15) is 0 Å². The molecule has 3 atom stereocenters. The van der Waals surface area contributed by atoms with Crippen LogP contribution in [0.5, 0.6) is 0 Å². The minimum atomic E-state index is 0.894. The van der Waals surface area contributed by atoms with Crippen molar-refractivity contribution in [2.24, 2.45) is 17.8 Å². The first-order valence-corrected chi connectivity index (χ1v) is 6.39. The highest BCUT2D eigenvalue weighted by Gasteiger charge is 2.39. The molecule has 2 fully saturated rings. The van der Waals surface area contributed by atoms with Crippen molar-refractivity contribution in [1.29, 1.82) is 0 Å². The number of fused-ring (bicyclic) bond motifs is 2. The van der Waals surface area contributed by atoms with Crippen molar-refractivity contribution in [3.8, 4) is 0 Å². The lowest BCUT2D eigenvalue weighted by molar-refractivity contribution is 0.294. The summed E-state index contributed by atoms with van der Waals surface area (Å²) in [5.74, 6) is 2.92. The monoisotopic (exact) mass is 222 g/mol. The smallest absolute Gasteiger partial charge is 0.177 e. The van der Waals surface area contributed by atoms with Gasteiger partial charge < -0.3 is 9.55 Å². The maximum Gasteiger partial charge on any atom is 0.177 e. The zero-order valence-corrected chi connectivity index (χ0v) is 10.0. The van der Waals surface area contributed by atoms with Crippen LogP contribution in [-0.2, 0) is 6.54 Å². The second kappa shape index (κ2) is 3.48. The summed E-state index contributed by atoms with van der Waals surface area (Å²) in [7, 11) is 0. The lowest BCUT2D eigenvalue weighted by Gasteiger charge is -2.21. The van der Waals surface area contributed by atoms with Gasteiger partial charge in [0.15, 0.2) is 4.77 Å². The van der Waals surface area contributed by atoms with Gasteiger partial charge in [-0.1, -0.05) is 6.42 Å².